The van der Waals surface area contributed by atoms with Crippen LogP contribution in [-0.2, 0) is 0 Å². The van der Waals surface area contributed by atoms with Crippen LogP contribution in [0.3, 0.4) is 0 Å². The Balaban J connectivity index is 0.000000310. The van der Waals surface area contributed by atoms with E-state index in [0.717, 1.165) is 5.92 Å². The van der Waals surface area contributed by atoms with Gasteiger partial charge in [0.05, 0.1) is 0 Å². The lowest BCUT2D eigenvalue weighted by atomic mass is 10.0. The standard InChI is InChI=1S/C7H11NS.C4H10/c8-6-9-7-4-2-1-3-5-7;1-4(2)3/h7H,1-5H2;4H,1-3H3. The van der Waals surface area contributed by atoms with Crippen LogP contribution in [0.5, 0.6) is 0 Å². The van der Waals surface area contributed by atoms with Crippen molar-refractivity contribution in [1.29, 1.82) is 5.26 Å². The molecule has 0 amide bonds. The molecule has 0 N–H and O–H groups in total. The van der Waals surface area contributed by atoms with Crippen molar-refractivity contribution in [2.75, 3.05) is 0 Å². The first-order valence-electron chi connectivity index (χ1n) is 5.21. The Morgan fingerprint density at radius 2 is 1.62 bits per heavy atom. The van der Waals surface area contributed by atoms with E-state index in [1.165, 1.54) is 43.9 Å². The number of hydrogen-bond acceptors (Lipinski definition) is 2. The quantitative estimate of drug-likeness (QED) is 0.591. The zero-order chi connectivity index (χ0) is 10.1. The van der Waals surface area contributed by atoms with Crippen molar-refractivity contribution in [2.24, 2.45) is 5.92 Å². The molecule has 0 bridgehead atoms. The Morgan fingerprint density at radius 3 is 2.00 bits per heavy atom. The van der Waals surface area contributed by atoms with Gasteiger partial charge in [-0.3, -0.25) is 0 Å². The second kappa shape index (κ2) is 8.44. The van der Waals surface area contributed by atoms with Gasteiger partial charge in [0.15, 0.2) is 0 Å². The molecule has 1 rings (SSSR count). The molecule has 1 aliphatic rings. The SMILES string of the molecule is CC(C)C.N#CSC1CCCCC1. The van der Waals surface area contributed by atoms with Gasteiger partial charge in [0.1, 0.15) is 5.40 Å². The van der Waals surface area contributed by atoms with Crippen molar-refractivity contribution in [3.63, 3.8) is 0 Å². The third kappa shape index (κ3) is 9.76. The van der Waals surface area contributed by atoms with E-state index in [4.69, 9.17) is 5.26 Å². The summed E-state index contributed by atoms with van der Waals surface area (Å²) in [5.41, 5.74) is 0. The second-order valence-corrected chi connectivity index (χ2v) is 5.29. The van der Waals surface area contributed by atoms with Crippen molar-refractivity contribution in [3.05, 3.63) is 0 Å². The molecule has 0 aromatic rings. The molecule has 0 aliphatic heterocycles. The first-order valence-corrected chi connectivity index (χ1v) is 6.09. The van der Waals surface area contributed by atoms with E-state index in [-0.39, 0.29) is 0 Å². The summed E-state index contributed by atoms with van der Waals surface area (Å²) in [6.07, 6.45) is 6.57. The normalized spacial score (nSPS) is 17.5. The lowest BCUT2D eigenvalue weighted by Crippen LogP contribution is -2.06. The van der Waals surface area contributed by atoms with Crippen LogP contribution in [0, 0.1) is 16.6 Å². The fourth-order valence-corrected chi connectivity index (χ4v) is 1.98. The first kappa shape index (κ1) is 12.8. The monoisotopic (exact) mass is 199 g/mol. The van der Waals surface area contributed by atoms with E-state index in [9.17, 15) is 0 Å². The molecular weight excluding hydrogens is 178 g/mol. The third-order valence-corrected chi connectivity index (χ3v) is 2.68. The lowest BCUT2D eigenvalue weighted by molar-refractivity contribution is 0.517. The number of hydrogen-bond donors (Lipinski definition) is 0. The van der Waals surface area contributed by atoms with Gasteiger partial charge in [-0.25, -0.2) is 0 Å². The average Bonchev–Trinajstić information content (AvgIpc) is 2.06. The van der Waals surface area contributed by atoms with Crippen LogP contribution in [0.4, 0.5) is 0 Å². The van der Waals surface area contributed by atoms with Gasteiger partial charge < -0.3 is 0 Å². The molecule has 1 aliphatic carbocycles. The van der Waals surface area contributed by atoms with Gasteiger partial charge in [-0.05, 0) is 30.5 Å². The Morgan fingerprint density at radius 1 is 1.15 bits per heavy atom. The zero-order valence-electron chi connectivity index (χ0n) is 9.05. The minimum Gasteiger partial charge on any atom is -0.185 e. The fraction of sp³-hybridized carbons (Fsp3) is 0.909. The van der Waals surface area contributed by atoms with Crippen molar-refractivity contribution >= 4 is 11.8 Å². The summed E-state index contributed by atoms with van der Waals surface area (Å²) in [5.74, 6) is 0.833. The molecule has 0 atom stereocenters. The summed E-state index contributed by atoms with van der Waals surface area (Å²) in [5, 5.41) is 11.1. The van der Waals surface area contributed by atoms with Crippen LogP contribution in [0.1, 0.15) is 52.9 Å². The smallest absolute Gasteiger partial charge is 0.133 e. The summed E-state index contributed by atoms with van der Waals surface area (Å²) in [7, 11) is 0. The Labute approximate surface area is 86.9 Å². The van der Waals surface area contributed by atoms with Crippen LogP contribution in [0.2, 0.25) is 0 Å². The first-order chi connectivity index (χ1) is 6.16. The molecule has 2 heteroatoms. The van der Waals surface area contributed by atoms with E-state index < -0.39 is 0 Å². The lowest BCUT2D eigenvalue weighted by Gasteiger charge is -2.16. The maximum absolute atomic E-state index is 8.33. The highest BCUT2D eigenvalue weighted by Crippen LogP contribution is 2.26. The molecule has 76 valence electrons. The summed E-state index contributed by atoms with van der Waals surface area (Å²) >= 11 is 1.46. The molecule has 0 unspecified atom stereocenters. The van der Waals surface area contributed by atoms with Gasteiger partial charge in [-0.2, -0.15) is 5.26 Å². The van der Waals surface area contributed by atoms with Crippen LogP contribution in [-0.4, -0.2) is 5.25 Å². The van der Waals surface area contributed by atoms with Crippen LogP contribution in [0.15, 0.2) is 0 Å². The molecule has 1 nitrogen and oxygen atoms in total. The largest absolute Gasteiger partial charge is 0.185 e. The maximum Gasteiger partial charge on any atom is 0.133 e. The minimum atomic E-state index is 0.656. The Bertz CT molecular complexity index is 140. The van der Waals surface area contributed by atoms with Crippen LogP contribution >= 0.6 is 11.8 Å². The van der Waals surface area contributed by atoms with E-state index in [2.05, 4.69) is 26.2 Å². The second-order valence-electron chi connectivity index (χ2n) is 4.20. The predicted molar refractivity (Wildman–Crippen MR) is 60.6 cm³/mol. The Kier molecular flexibility index (Phi) is 8.33. The molecule has 0 aromatic carbocycles. The topological polar surface area (TPSA) is 23.8 Å². The molecule has 1 saturated carbocycles. The van der Waals surface area contributed by atoms with E-state index in [1.807, 2.05) is 0 Å². The highest BCUT2D eigenvalue weighted by atomic mass is 32.2. The van der Waals surface area contributed by atoms with E-state index >= 15 is 0 Å². The van der Waals surface area contributed by atoms with Gasteiger partial charge in [-0.15, -0.1) is 0 Å². The van der Waals surface area contributed by atoms with Crippen molar-refractivity contribution in [2.45, 2.75) is 58.1 Å². The fourth-order valence-electron chi connectivity index (χ4n) is 1.26. The van der Waals surface area contributed by atoms with Crippen molar-refractivity contribution in [3.8, 4) is 5.40 Å². The van der Waals surface area contributed by atoms with Crippen LogP contribution in [0.25, 0.3) is 0 Å². The molecule has 1 fully saturated rings. The molecule has 0 radical (unpaired) electrons. The molecule has 0 spiro atoms. The summed E-state index contributed by atoms with van der Waals surface area (Å²) in [4.78, 5) is 0. The summed E-state index contributed by atoms with van der Waals surface area (Å²) < 4.78 is 0. The van der Waals surface area contributed by atoms with E-state index in [1.54, 1.807) is 0 Å². The summed E-state index contributed by atoms with van der Waals surface area (Å²) in [6.45, 7) is 6.50. The number of nitriles is 1. The third-order valence-electron chi connectivity index (χ3n) is 1.77. The molecule has 0 aromatic heterocycles. The highest BCUT2D eigenvalue weighted by Gasteiger charge is 2.12. The van der Waals surface area contributed by atoms with Crippen molar-refractivity contribution in [1.82, 2.24) is 0 Å². The number of thioether (sulfide) groups is 1. The predicted octanol–water partition coefficient (Wildman–Crippen LogP) is 4.20. The average molecular weight is 199 g/mol. The molecule has 13 heavy (non-hydrogen) atoms. The maximum atomic E-state index is 8.33. The van der Waals surface area contributed by atoms with Gasteiger partial charge in [-0.1, -0.05) is 40.0 Å². The summed E-state index contributed by atoms with van der Waals surface area (Å²) in [6, 6.07) is 0. The van der Waals surface area contributed by atoms with Gasteiger partial charge in [0.25, 0.3) is 0 Å². The van der Waals surface area contributed by atoms with Crippen LogP contribution < -0.4 is 0 Å². The van der Waals surface area contributed by atoms with Crippen molar-refractivity contribution < 1.29 is 0 Å². The Hall–Kier alpha value is -0.160. The molecule has 0 saturated heterocycles. The molecular formula is C11H21NS. The highest BCUT2D eigenvalue weighted by molar-refractivity contribution is 8.04. The zero-order valence-corrected chi connectivity index (χ0v) is 9.86. The molecule has 0 heterocycles. The van der Waals surface area contributed by atoms with Gasteiger partial charge >= 0.3 is 0 Å². The number of thiocyanates is 1. The van der Waals surface area contributed by atoms with Gasteiger partial charge in [0, 0.05) is 5.25 Å². The van der Waals surface area contributed by atoms with E-state index in [0.29, 0.717) is 5.25 Å². The van der Waals surface area contributed by atoms with Gasteiger partial charge in [0.2, 0.25) is 0 Å². The number of rotatable bonds is 1. The number of nitrogens with zero attached hydrogens (tertiary/aromatic N) is 1. The minimum absolute atomic E-state index is 0.656.